The van der Waals surface area contributed by atoms with Crippen molar-refractivity contribution in [2.24, 2.45) is 0 Å². The molecule has 0 radical (unpaired) electrons. The number of carbonyl (C=O) groups is 1. The molecule has 0 aliphatic carbocycles. The molecule has 0 saturated heterocycles. The van der Waals surface area contributed by atoms with Gasteiger partial charge in [-0.1, -0.05) is 18.2 Å². The summed E-state index contributed by atoms with van der Waals surface area (Å²) in [6.07, 6.45) is 3.89. The van der Waals surface area contributed by atoms with Crippen LogP contribution in [-0.2, 0) is 19.6 Å². The maximum absolute atomic E-state index is 13.0. The highest BCUT2D eigenvalue weighted by atomic mass is 16.1. The molecule has 3 heterocycles. The first-order chi connectivity index (χ1) is 14.1. The molecule has 7 nitrogen and oxygen atoms in total. The molecule has 1 amide bonds. The van der Waals surface area contributed by atoms with E-state index in [0.29, 0.717) is 12.1 Å². The van der Waals surface area contributed by atoms with Crippen molar-refractivity contribution < 1.29 is 4.79 Å². The van der Waals surface area contributed by atoms with Crippen molar-refractivity contribution in [1.82, 2.24) is 29.9 Å². The van der Waals surface area contributed by atoms with E-state index in [1.54, 1.807) is 0 Å². The number of hydrogen-bond acceptors (Lipinski definition) is 4. The number of fused-ring (bicyclic) bond motifs is 1. The van der Waals surface area contributed by atoms with Crippen LogP contribution in [0.5, 0.6) is 0 Å². The largest absolute Gasteiger partial charge is 0.346 e. The van der Waals surface area contributed by atoms with E-state index in [1.807, 2.05) is 78.9 Å². The molecule has 1 N–H and O–H groups in total. The Morgan fingerprint density at radius 2 is 1.86 bits per heavy atom. The van der Waals surface area contributed by atoms with Crippen molar-refractivity contribution in [1.29, 1.82) is 0 Å². The third kappa shape index (κ3) is 3.76. The van der Waals surface area contributed by atoms with E-state index >= 15 is 0 Å². The quantitative estimate of drug-likeness (QED) is 0.548. The van der Waals surface area contributed by atoms with Gasteiger partial charge in [-0.15, -0.1) is 0 Å². The van der Waals surface area contributed by atoms with Crippen LogP contribution in [0.1, 0.15) is 35.6 Å². The zero-order valence-corrected chi connectivity index (χ0v) is 16.9. The Kier molecular flexibility index (Phi) is 5.12. The van der Waals surface area contributed by atoms with Gasteiger partial charge in [0, 0.05) is 36.4 Å². The second-order valence-corrected chi connectivity index (χ2v) is 6.90. The number of amides is 1. The standard InChI is InChI=1S/C22H24N6O/c1-4-27-11-10-16(26-27)13-23-22(29)18-12-21(19-14-28(5-2)25-15(19)3)24-20-9-7-6-8-17(18)20/h6-12,14H,4-5,13H2,1-3H3,(H,23,29). The smallest absolute Gasteiger partial charge is 0.252 e. The number of pyridine rings is 1. The molecule has 148 valence electrons. The molecule has 0 saturated carbocycles. The summed E-state index contributed by atoms with van der Waals surface area (Å²) >= 11 is 0. The first kappa shape index (κ1) is 18.9. The number of nitrogens with zero attached hydrogens (tertiary/aromatic N) is 5. The average Bonchev–Trinajstić information content (AvgIpc) is 3.37. The Bertz CT molecular complexity index is 1170. The molecule has 3 aromatic heterocycles. The van der Waals surface area contributed by atoms with Crippen LogP contribution >= 0.6 is 0 Å². The van der Waals surface area contributed by atoms with Gasteiger partial charge in [0.25, 0.3) is 5.91 Å². The van der Waals surface area contributed by atoms with E-state index in [4.69, 9.17) is 4.98 Å². The summed E-state index contributed by atoms with van der Waals surface area (Å²) in [7, 11) is 0. The van der Waals surface area contributed by atoms with Crippen molar-refractivity contribution in [3.63, 3.8) is 0 Å². The maximum atomic E-state index is 13.0. The average molecular weight is 388 g/mol. The summed E-state index contributed by atoms with van der Waals surface area (Å²) in [5.74, 6) is -0.142. The van der Waals surface area contributed by atoms with Crippen LogP contribution in [0.3, 0.4) is 0 Å². The molecule has 0 unspecified atom stereocenters. The van der Waals surface area contributed by atoms with Crippen LogP contribution < -0.4 is 5.32 Å². The summed E-state index contributed by atoms with van der Waals surface area (Å²) in [4.78, 5) is 17.8. The van der Waals surface area contributed by atoms with Crippen LogP contribution in [-0.4, -0.2) is 30.5 Å². The van der Waals surface area contributed by atoms with Crippen LogP contribution in [0, 0.1) is 6.92 Å². The van der Waals surface area contributed by atoms with Crippen molar-refractivity contribution in [2.75, 3.05) is 0 Å². The van der Waals surface area contributed by atoms with Crippen LogP contribution in [0.25, 0.3) is 22.2 Å². The van der Waals surface area contributed by atoms with Crippen LogP contribution in [0.2, 0.25) is 0 Å². The fourth-order valence-electron chi connectivity index (χ4n) is 3.37. The molecular weight excluding hydrogens is 364 g/mol. The second kappa shape index (κ2) is 7.87. The van der Waals surface area contributed by atoms with Crippen molar-refractivity contribution in [3.8, 4) is 11.3 Å². The van der Waals surface area contributed by atoms with E-state index in [2.05, 4.69) is 15.5 Å². The van der Waals surface area contributed by atoms with Crippen molar-refractivity contribution in [2.45, 2.75) is 40.4 Å². The molecule has 7 heteroatoms. The minimum Gasteiger partial charge on any atom is -0.346 e. The fraction of sp³-hybridized carbons (Fsp3) is 0.273. The molecule has 29 heavy (non-hydrogen) atoms. The van der Waals surface area contributed by atoms with Crippen molar-refractivity contribution in [3.05, 3.63) is 65.7 Å². The van der Waals surface area contributed by atoms with Gasteiger partial charge < -0.3 is 5.32 Å². The number of aromatic nitrogens is 5. The molecule has 4 rings (SSSR count). The third-order valence-corrected chi connectivity index (χ3v) is 4.96. The Labute approximate surface area is 169 Å². The number of benzene rings is 1. The Morgan fingerprint density at radius 3 is 2.59 bits per heavy atom. The van der Waals surface area contributed by atoms with Gasteiger partial charge in [-0.2, -0.15) is 10.2 Å². The van der Waals surface area contributed by atoms with E-state index < -0.39 is 0 Å². The van der Waals surface area contributed by atoms with E-state index in [-0.39, 0.29) is 5.91 Å². The number of carbonyl (C=O) groups excluding carboxylic acids is 1. The summed E-state index contributed by atoms with van der Waals surface area (Å²) < 4.78 is 3.72. The summed E-state index contributed by atoms with van der Waals surface area (Å²) in [5, 5.41) is 12.8. The Morgan fingerprint density at radius 1 is 1.07 bits per heavy atom. The Hall–Kier alpha value is -3.48. The molecule has 0 spiro atoms. The molecule has 1 aromatic carbocycles. The molecule has 0 atom stereocenters. The number of para-hydroxylation sites is 1. The summed E-state index contributed by atoms with van der Waals surface area (Å²) in [6.45, 7) is 8.00. The van der Waals surface area contributed by atoms with Gasteiger partial charge in [0.2, 0.25) is 0 Å². The van der Waals surface area contributed by atoms with E-state index in [9.17, 15) is 4.79 Å². The van der Waals surface area contributed by atoms with Gasteiger partial charge in [0.1, 0.15) is 0 Å². The lowest BCUT2D eigenvalue weighted by atomic mass is 10.0. The molecule has 0 fully saturated rings. The lowest BCUT2D eigenvalue weighted by Crippen LogP contribution is -2.23. The zero-order chi connectivity index (χ0) is 20.4. The van der Waals surface area contributed by atoms with Gasteiger partial charge in [0.15, 0.2) is 0 Å². The monoisotopic (exact) mass is 388 g/mol. The zero-order valence-electron chi connectivity index (χ0n) is 16.9. The second-order valence-electron chi connectivity index (χ2n) is 6.90. The highest BCUT2D eigenvalue weighted by Crippen LogP contribution is 2.26. The van der Waals surface area contributed by atoms with E-state index in [0.717, 1.165) is 46.6 Å². The lowest BCUT2D eigenvalue weighted by Gasteiger charge is -2.10. The molecule has 0 aliphatic rings. The topological polar surface area (TPSA) is 77.6 Å². The highest BCUT2D eigenvalue weighted by molar-refractivity contribution is 6.07. The SMILES string of the molecule is CCn1ccc(CNC(=O)c2cc(-c3cn(CC)nc3C)nc3ccccc23)n1. The normalized spacial score (nSPS) is 11.1. The summed E-state index contributed by atoms with van der Waals surface area (Å²) in [6, 6.07) is 11.5. The summed E-state index contributed by atoms with van der Waals surface area (Å²) in [5.41, 5.74) is 4.80. The fourth-order valence-corrected chi connectivity index (χ4v) is 3.37. The molecule has 0 bridgehead atoms. The van der Waals surface area contributed by atoms with Crippen LogP contribution in [0.4, 0.5) is 0 Å². The van der Waals surface area contributed by atoms with Gasteiger partial charge in [-0.05, 0) is 39.0 Å². The molecule has 0 aliphatic heterocycles. The minimum absolute atomic E-state index is 0.142. The predicted molar refractivity (Wildman–Crippen MR) is 112 cm³/mol. The number of aryl methyl sites for hydroxylation is 3. The first-order valence-corrected chi connectivity index (χ1v) is 9.83. The van der Waals surface area contributed by atoms with Gasteiger partial charge in [-0.25, -0.2) is 4.98 Å². The number of rotatable bonds is 6. The first-order valence-electron chi connectivity index (χ1n) is 9.83. The van der Waals surface area contributed by atoms with Crippen LogP contribution in [0.15, 0.2) is 48.8 Å². The minimum atomic E-state index is -0.142. The highest BCUT2D eigenvalue weighted by Gasteiger charge is 2.16. The molecular formula is C22H24N6O. The van der Waals surface area contributed by atoms with Gasteiger partial charge in [0.05, 0.1) is 34.7 Å². The number of nitrogens with one attached hydrogen (secondary N) is 1. The predicted octanol–water partition coefficient (Wildman–Crippen LogP) is 3.57. The third-order valence-electron chi connectivity index (χ3n) is 4.96. The molecule has 4 aromatic rings. The van der Waals surface area contributed by atoms with E-state index in [1.165, 1.54) is 0 Å². The van der Waals surface area contributed by atoms with Crippen molar-refractivity contribution >= 4 is 16.8 Å². The maximum Gasteiger partial charge on any atom is 0.252 e. The van der Waals surface area contributed by atoms with Gasteiger partial charge >= 0.3 is 0 Å². The van der Waals surface area contributed by atoms with Gasteiger partial charge in [-0.3, -0.25) is 14.2 Å². The number of hydrogen-bond donors (Lipinski definition) is 1. The Balaban J connectivity index is 1.70. The lowest BCUT2D eigenvalue weighted by molar-refractivity contribution is 0.0952.